The second kappa shape index (κ2) is 12.0. The van der Waals surface area contributed by atoms with Gasteiger partial charge in [-0.1, -0.05) is 54.2 Å². The maximum absolute atomic E-state index is 10.2. The molecule has 1 saturated heterocycles. The van der Waals surface area contributed by atoms with Gasteiger partial charge in [0.05, 0.1) is 17.9 Å². The molecule has 0 saturated carbocycles. The van der Waals surface area contributed by atoms with E-state index in [2.05, 4.69) is 35.3 Å². The lowest BCUT2D eigenvalue weighted by molar-refractivity contribution is -0.141. The summed E-state index contributed by atoms with van der Waals surface area (Å²) in [5.41, 5.74) is 9.35. The number of pyridine rings is 1. The molecule has 1 aliphatic rings. The third-order valence-corrected chi connectivity index (χ3v) is 8.28. The first-order chi connectivity index (χ1) is 21.2. The van der Waals surface area contributed by atoms with Crippen LogP contribution in [0.5, 0.6) is 5.75 Å². The predicted octanol–water partition coefficient (Wildman–Crippen LogP) is 7.01. The molecule has 6 rings (SSSR count). The summed E-state index contributed by atoms with van der Waals surface area (Å²) in [4.78, 5) is 9.18. The molecule has 0 unspecified atom stereocenters. The van der Waals surface area contributed by atoms with E-state index in [-0.39, 0.29) is 23.0 Å². The van der Waals surface area contributed by atoms with Crippen LogP contribution < -0.4 is 10.5 Å². The van der Waals surface area contributed by atoms with E-state index >= 15 is 0 Å². The number of nitriles is 2. The topological polar surface area (TPSA) is 140 Å². The summed E-state index contributed by atoms with van der Waals surface area (Å²) in [5.74, 6) is 1.65. The van der Waals surface area contributed by atoms with Gasteiger partial charge >= 0.3 is 0 Å². The number of hydrogen-bond acceptors (Lipinski definition) is 10. The second-order valence-corrected chi connectivity index (χ2v) is 11.8. The van der Waals surface area contributed by atoms with Crippen LogP contribution in [0.3, 0.4) is 0 Å². The fourth-order valence-electron chi connectivity index (χ4n) is 5.09. The van der Waals surface area contributed by atoms with Gasteiger partial charge in [-0.2, -0.15) is 10.5 Å². The number of aromatic nitrogens is 2. The SMILES string of the molecule is Cc1oc(-c2ccc3ccccc3c2)nc1CSc1nc(N)c(C#N)c(-c2ccc(OC[C@H]3COC(C)(C)O3)cc2)c1C#N. The first-order valence-electron chi connectivity index (χ1n) is 14.0. The molecule has 220 valence electrons. The normalized spacial score (nSPS) is 15.6. The lowest BCUT2D eigenvalue weighted by Crippen LogP contribution is -2.25. The molecule has 0 aliphatic carbocycles. The highest BCUT2D eigenvalue weighted by atomic mass is 32.2. The van der Waals surface area contributed by atoms with Crippen LogP contribution in [0.2, 0.25) is 0 Å². The first kappa shape index (κ1) is 29.2. The molecule has 2 aromatic heterocycles. The Kier molecular flexibility index (Phi) is 7.98. The Morgan fingerprint density at radius 3 is 2.41 bits per heavy atom. The van der Waals surface area contributed by atoms with Gasteiger partial charge in [0.25, 0.3) is 0 Å². The number of rotatable bonds is 8. The Morgan fingerprint density at radius 2 is 1.70 bits per heavy atom. The highest BCUT2D eigenvalue weighted by Gasteiger charge is 2.33. The van der Waals surface area contributed by atoms with Gasteiger partial charge in [0, 0.05) is 16.9 Å². The molecule has 0 spiro atoms. The van der Waals surface area contributed by atoms with Crippen molar-refractivity contribution in [2.24, 2.45) is 0 Å². The van der Waals surface area contributed by atoms with Crippen LogP contribution >= 0.6 is 11.8 Å². The van der Waals surface area contributed by atoms with Crippen LogP contribution in [0.25, 0.3) is 33.4 Å². The molecular formula is C34H29N5O4S. The third kappa shape index (κ3) is 5.97. The maximum atomic E-state index is 10.2. The van der Waals surface area contributed by atoms with Crippen LogP contribution in [0, 0.1) is 29.6 Å². The molecule has 1 atom stereocenters. The molecule has 0 bridgehead atoms. The molecule has 5 aromatic rings. The number of hydrogen-bond donors (Lipinski definition) is 1. The van der Waals surface area contributed by atoms with Crippen molar-refractivity contribution < 1.29 is 18.6 Å². The van der Waals surface area contributed by atoms with Gasteiger partial charge in [-0.15, -0.1) is 0 Å². The van der Waals surface area contributed by atoms with Crippen LogP contribution in [0.15, 0.2) is 76.2 Å². The quantitative estimate of drug-likeness (QED) is 0.184. The minimum atomic E-state index is -0.623. The van der Waals surface area contributed by atoms with E-state index in [1.165, 1.54) is 11.8 Å². The van der Waals surface area contributed by atoms with Gasteiger partial charge in [0.1, 0.15) is 52.8 Å². The Bertz CT molecular complexity index is 1940. The fraction of sp³-hybridized carbons (Fsp3) is 0.235. The lowest BCUT2D eigenvalue weighted by atomic mass is 9.97. The van der Waals surface area contributed by atoms with Crippen molar-refractivity contribution in [2.75, 3.05) is 18.9 Å². The Labute approximate surface area is 259 Å². The minimum absolute atomic E-state index is 0.0547. The predicted molar refractivity (Wildman–Crippen MR) is 168 cm³/mol. The summed E-state index contributed by atoms with van der Waals surface area (Å²) >= 11 is 1.32. The van der Waals surface area contributed by atoms with Crippen LogP contribution in [-0.4, -0.2) is 35.1 Å². The second-order valence-electron chi connectivity index (χ2n) is 10.8. The third-order valence-electron chi connectivity index (χ3n) is 7.30. The van der Waals surface area contributed by atoms with E-state index in [1.807, 2.05) is 45.0 Å². The van der Waals surface area contributed by atoms with E-state index < -0.39 is 5.79 Å². The summed E-state index contributed by atoms with van der Waals surface area (Å²) in [6.07, 6.45) is -0.170. The largest absolute Gasteiger partial charge is 0.491 e. The average Bonchev–Trinajstić information content (AvgIpc) is 3.58. The number of nitrogen functional groups attached to an aromatic ring is 1. The van der Waals surface area contributed by atoms with Gasteiger partial charge in [0.15, 0.2) is 5.79 Å². The summed E-state index contributed by atoms with van der Waals surface area (Å²) in [7, 11) is 0. The monoisotopic (exact) mass is 603 g/mol. The zero-order valence-electron chi connectivity index (χ0n) is 24.5. The molecule has 2 N–H and O–H groups in total. The van der Waals surface area contributed by atoms with E-state index in [1.54, 1.807) is 24.3 Å². The van der Waals surface area contributed by atoms with Crippen molar-refractivity contribution in [2.45, 2.75) is 43.4 Å². The molecule has 9 nitrogen and oxygen atoms in total. The number of fused-ring (bicyclic) bond motifs is 1. The number of nitrogens with two attached hydrogens (primary N) is 1. The van der Waals surface area contributed by atoms with Crippen molar-refractivity contribution >= 4 is 28.4 Å². The fourth-order valence-corrected chi connectivity index (χ4v) is 6.08. The first-order valence-corrected chi connectivity index (χ1v) is 15.0. The zero-order valence-corrected chi connectivity index (χ0v) is 25.3. The molecule has 0 amide bonds. The number of anilines is 1. The van der Waals surface area contributed by atoms with Crippen molar-refractivity contribution in [1.29, 1.82) is 10.5 Å². The van der Waals surface area contributed by atoms with Gasteiger partial charge in [-0.05, 0) is 61.4 Å². The lowest BCUT2D eigenvalue weighted by Gasteiger charge is -2.17. The van der Waals surface area contributed by atoms with Crippen molar-refractivity contribution in [3.05, 3.63) is 89.3 Å². The van der Waals surface area contributed by atoms with Gasteiger partial charge in [0.2, 0.25) is 5.89 Å². The molecule has 10 heteroatoms. The number of nitrogens with zero attached hydrogens (tertiary/aromatic N) is 4. The zero-order chi connectivity index (χ0) is 30.8. The minimum Gasteiger partial charge on any atom is -0.491 e. The van der Waals surface area contributed by atoms with Gasteiger partial charge < -0.3 is 24.4 Å². The maximum Gasteiger partial charge on any atom is 0.226 e. The van der Waals surface area contributed by atoms with Crippen LogP contribution in [0.1, 0.15) is 36.4 Å². The van der Waals surface area contributed by atoms with E-state index in [9.17, 15) is 10.5 Å². The number of thioether (sulfide) groups is 1. The highest BCUT2D eigenvalue weighted by molar-refractivity contribution is 7.98. The summed E-state index contributed by atoms with van der Waals surface area (Å²) < 4.78 is 23.3. The molecule has 1 fully saturated rings. The van der Waals surface area contributed by atoms with Gasteiger partial charge in [-0.25, -0.2) is 9.97 Å². The van der Waals surface area contributed by atoms with Crippen molar-refractivity contribution in [3.63, 3.8) is 0 Å². The molecule has 1 aliphatic heterocycles. The highest BCUT2D eigenvalue weighted by Crippen LogP contribution is 2.38. The summed E-state index contributed by atoms with van der Waals surface area (Å²) in [6.45, 7) is 6.39. The summed E-state index contributed by atoms with van der Waals surface area (Å²) in [6, 6.07) is 25.7. The van der Waals surface area contributed by atoms with E-state index in [4.69, 9.17) is 29.3 Å². The van der Waals surface area contributed by atoms with E-state index in [0.29, 0.717) is 52.5 Å². The Morgan fingerprint density at radius 1 is 0.977 bits per heavy atom. The smallest absolute Gasteiger partial charge is 0.226 e. The average molecular weight is 604 g/mol. The molecular weight excluding hydrogens is 574 g/mol. The van der Waals surface area contributed by atoms with E-state index in [0.717, 1.165) is 22.0 Å². The molecule has 44 heavy (non-hydrogen) atoms. The number of ether oxygens (including phenoxy) is 3. The summed E-state index contributed by atoms with van der Waals surface area (Å²) in [5, 5.41) is 22.8. The molecule has 3 heterocycles. The Balaban J connectivity index is 1.23. The van der Waals surface area contributed by atoms with Gasteiger partial charge in [-0.3, -0.25) is 0 Å². The van der Waals surface area contributed by atoms with Crippen molar-refractivity contribution in [3.8, 4) is 40.5 Å². The van der Waals surface area contributed by atoms with Crippen molar-refractivity contribution in [1.82, 2.24) is 9.97 Å². The number of aryl methyl sites for hydroxylation is 1. The molecule has 3 aromatic carbocycles. The standard InChI is InChI=1S/C34H29N5O4S/c1-20-29(38-32(42-20)24-9-8-21-6-4-5-7-23(21)14-24)19-44-33-28(16-36)30(27(15-35)31(37)39-33)22-10-12-25(13-11-22)40-17-26-18-41-34(2,3)43-26/h4-14,26H,17-19H2,1-3H3,(H2,37,39)/t26-/m0/s1. The Hall–Kier alpha value is -4.87. The molecule has 0 radical (unpaired) electrons. The van der Waals surface area contributed by atoms with Crippen LogP contribution in [0.4, 0.5) is 5.82 Å². The van der Waals surface area contributed by atoms with Crippen LogP contribution in [-0.2, 0) is 15.2 Å². The number of oxazole rings is 1. The number of benzene rings is 3.